The second kappa shape index (κ2) is 5.30. The van der Waals surface area contributed by atoms with Crippen LogP contribution in [0.2, 0.25) is 0 Å². The normalized spacial score (nSPS) is 55.7. The minimum atomic E-state index is -1.61. The van der Waals surface area contributed by atoms with Gasteiger partial charge in [-0.15, -0.1) is 0 Å². The van der Waals surface area contributed by atoms with E-state index in [1.807, 2.05) is 26.8 Å². The van der Waals surface area contributed by atoms with E-state index in [1.54, 1.807) is 0 Å². The van der Waals surface area contributed by atoms with E-state index in [0.717, 1.165) is 17.6 Å². The summed E-state index contributed by atoms with van der Waals surface area (Å²) in [6, 6.07) is 0. The fraction of sp³-hybridized carbons (Fsp3) is 0.826. The SMILES string of the molecule is CC1=CC23C(C)CC4C(C(C=C5COC(C)(C)OC5C2(O)C1O)C3O)C4(C)C. The molecule has 0 amide bonds. The number of fused-ring (bicyclic) bond motifs is 5. The number of aliphatic hydroxyl groups is 3. The molecule has 5 rings (SSSR count). The highest BCUT2D eigenvalue weighted by Gasteiger charge is 2.76. The van der Waals surface area contributed by atoms with Crippen LogP contribution in [-0.4, -0.2) is 51.6 Å². The summed E-state index contributed by atoms with van der Waals surface area (Å²) in [6.07, 6.45) is 2.46. The van der Waals surface area contributed by atoms with Gasteiger partial charge in [0, 0.05) is 5.92 Å². The molecule has 0 aromatic heterocycles. The number of hydrogen-bond donors (Lipinski definition) is 3. The molecular weight excluding hydrogens is 356 g/mol. The third kappa shape index (κ3) is 2.00. The van der Waals surface area contributed by atoms with Crippen LogP contribution in [0.4, 0.5) is 0 Å². The van der Waals surface area contributed by atoms with Crippen molar-refractivity contribution in [2.75, 3.05) is 6.61 Å². The smallest absolute Gasteiger partial charge is 0.164 e. The maximum Gasteiger partial charge on any atom is 0.164 e. The molecule has 4 aliphatic carbocycles. The molecule has 0 aromatic carbocycles. The molecule has 1 spiro atoms. The molecule has 28 heavy (non-hydrogen) atoms. The number of aliphatic hydroxyl groups excluding tert-OH is 2. The van der Waals surface area contributed by atoms with Crippen LogP contribution < -0.4 is 0 Å². The molecule has 3 fully saturated rings. The van der Waals surface area contributed by atoms with Crippen molar-refractivity contribution in [1.29, 1.82) is 0 Å². The molecule has 3 N–H and O–H groups in total. The maximum atomic E-state index is 12.3. The highest BCUT2D eigenvalue weighted by molar-refractivity contribution is 5.43. The van der Waals surface area contributed by atoms with E-state index >= 15 is 0 Å². The van der Waals surface area contributed by atoms with Gasteiger partial charge in [-0.25, -0.2) is 0 Å². The van der Waals surface area contributed by atoms with Crippen molar-refractivity contribution >= 4 is 0 Å². The van der Waals surface area contributed by atoms with Crippen LogP contribution in [-0.2, 0) is 9.47 Å². The van der Waals surface area contributed by atoms with Crippen molar-refractivity contribution in [3.8, 4) is 0 Å². The number of hydrogen-bond acceptors (Lipinski definition) is 5. The summed E-state index contributed by atoms with van der Waals surface area (Å²) in [6.45, 7) is 12.6. The Kier molecular flexibility index (Phi) is 3.65. The summed E-state index contributed by atoms with van der Waals surface area (Å²) < 4.78 is 12.2. The van der Waals surface area contributed by atoms with E-state index in [2.05, 4.69) is 26.8 Å². The first-order chi connectivity index (χ1) is 12.9. The average Bonchev–Trinajstić information content (AvgIpc) is 3.10. The molecule has 1 aliphatic heterocycles. The van der Waals surface area contributed by atoms with E-state index in [9.17, 15) is 15.3 Å². The molecule has 2 saturated carbocycles. The molecular formula is C23H34O5. The highest BCUT2D eigenvalue weighted by Crippen LogP contribution is 2.73. The summed E-state index contributed by atoms with van der Waals surface area (Å²) in [7, 11) is 0. The standard InChI is InChI=1S/C23H34O5/c1-11-9-22-12(2)7-15-16(20(15,3)4)14(18(22)25)8-13-10-27-21(5,6)28-19(13)23(22,26)17(11)24/h8-9,12,14-19,24-26H,7,10H2,1-6H3. The fourth-order valence-corrected chi connectivity index (χ4v) is 7.44. The van der Waals surface area contributed by atoms with Gasteiger partial charge in [-0.1, -0.05) is 32.9 Å². The Labute approximate surface area is 167 Å². The topological polar surface area (TPSA) is 79.2 Å². The number of rotatable bonds is 0. The van der Waals surface area contributed by atoms with E-state index in [4.69, 9.17) is 9.47 Å². The van der Waals surface area contributed by atoms with Crippen LogP contribution in [0, 0.1) is 34.5 Å². The van der Waals surface area contributed by atoms with Crippen molar-refractivity contribution in [3.63, 3.8) is 0 Å². The van der Waals surface area contributed by atoms with Crippen LogP contribution in [0.5, 0.6) is 0 Å². The lowest BCUT2D eigenvalue weighted by atomic mass is 9.58. The van der Waals surface area contributed by atoms with E-state index in [1.165, 1.54) is 0 Å². The average molecular weight is 391 g/mol. The minimum Gasteiger partial charge on any atom is -0.391 e. The van der Waals surface area contributed by atoms with Crippen LogP contribution in [0.1, 0.15) is 48.0 Å². The second-order valence-electron chi connectivity index (χ2n) is 11.1. The van der Waals surface area contributed by atoms with Gasteiger partial charge in [0.05, 0.1) is 18.1 Å². The predicted molar refractivity (Wildman–Crippen MR) is 104 cm³/mol. The molecule has 5 nitrogen and oxygen atoms in total. The molecule has 5 heteroatoms. The third-order valence-electron chi connectivity index (χ3n) is 8.97. The van der Waals surface area contributed by atoms with Gasteiger partial charge >= 0.3 is 0 Å². The quantitative estimate of drug-likeness (QED) is 0.554. The van der Waals surface area contributed by atoms with Crippen molar-refractivity contribution in [1.82, 2.24) is 0 Å². The summed E-state index contributed by atoms with van der Waals surface area (Å²) >= 11 is 0. The van der Waals surface area contributed by atoms with Crippen LogP contribution in [0.25, 0.3) is 0 Å². The van der Waals surface area contributed by atoms with Crippen molar-refractivity contribution in [2.45, 2.75) is 77.7 Å². The summed E-state index contributed by atoms with van der Waals surface area (Å²) in [5, 5.41) is 35.3. The van der Waals surface area contributed by atoms with Gasteiger partial charge in [0.2, 0.25) is 0 Å². The van der Waals surface area contributed by atoms with Crippen LogP contribution >= 0.6 is 0 Å². The molecule has 1 saturated heterocycles. The van der Waals surface area contributed by atoms with Crippen LogP contribution in [0.15, 0.2) is 23.3 Å². The molecule has 2 bridgehead atoms. The Balaban J connectivity index is 1.76. The first kappa shape index (κ1) is 19.3. The Morgan fingerprint density at radius 3 is 2.50 bits per heavy atom. The fourth-order valence-electron chi connectivity index (χ4n) is 7.44. The van der Waals surface area contributed by atoms with Crippen LogP contribution in [0.3, 0.4) is 0 Å². The van der Waals surface area contributed by atoms with Gasteiger partial charge in [-0.2, -0.15) is 0 Å². The third-order valence-corrected chi connectivity index (χ3v) is 8.97. The van der Waals surface area contributed by atoms with Gasteiger partial charge in [0.15, 0.2) is 5.79 Å². The van der Waals surface area contributed by atoms with Crippen molar-refractivity contribution in [3.05, 3.63) is 23.3 Å². The largest absolute Gasteiger partial charge is 0.391 e. The zero-order valence-electron chi connectivity index (χ0n) is 17.8. The van der Waals surface area contributed by atoms with E-state index in [-0.39, 0.29) is 17.3 Å². The Morgan fingerprint density at radius 1 is 1.14 bits per heavy atom. The zero-order chi connectivity index (χ0) is 20.4. The van der Waals surface area contributed by atoms with Gasteiger partial charge in [0.25, 0.3) is 0 Å². The first-order valence-electron chi connectivity index (χ1n) is 10.7. The highest BCUT2D eigenvalue weighted by atomic mass is 16.7. The predicted octanol–water partition coefficient (Wildman–Crippen LogP) is 2.41. The van der Waals surface area contributed by atoms with Gasteiger partial charge < -0.3 is 24.8 Å². The Hall–Kier alpha value is -0.720. The van der Waals surface area contributed by atoms with Crippen molar-refractivity contribution in [2.24, 2.45) is 34.5 Å². The Morgan fingerprint density at radius 2 is 1.82 bits per heavy atom. The van der Waals surface area contributed by atoms with Gasteiger partial charge in [-0.3, -0.25) is 0 Å². The molecule has 0 aromatic rings. The molecule has 9 atom stereocenters. The van der Waals surface area contributed by atoms with Crippen molar-refractivity contribution < 1.29 is 24.8 Å². The lowest BCUT2D eigenvalue weighted by molar-refractivity contribution is -0.312. The maximum absolute atomic E-state index is 12.3. The lowest BCUT2D eigenvalue weighted by Crippen LogP contribution is -2.68. The molecule has 0 radical (unpaired) electrons. The molecule has 1 heterocycles. The molecule has 9 unspecified atom stereocenters. The minimum absolute atomic E-state index is 0.0150. The molecule has 5 aliphatic rings. The van der Waals surface area contributed by atoms with Gasteiger partial charge in [0.1, 0.15) is 17.8 Å². The summed E-state index contributed by atoms with van der Waals surface area (Å²) in [4.78, 5) is 0. The summed E-state index contributed by atoms with van der Waals surface area (Å²) in [5.74, 6) is -0.0618. The Bertz CT molecular complexity index is 782. The van der Waals surface area contributed by atoms with E-state index < -0.39 is 35.1 Å². The monoisotopic (exact) mass is 390 g/mol. The first-order valence-corrected chi connectivity index (χ1v) is 10.7. The lowest BCUT2D eigenvalue weighted by Gasteiger charge is -2.54. The molecule has 156 valence electrons. The van der Waals surface area contributed by atoms with E-state index in [0.29, 0.717) is 18.4 Å². The van der Waals surface area contributed by atoms with Gasteiger partial charge in [-0.05, 0) is 61.5 Å². The second-order valence-corrected chi connectivity index (χ2v) is 11.1. The zero-order valence-corrected chi connectivity index (χ0v) is 17.8. The summed E-state index contributed by atoms with van der Waals surface area (Å²) in [5.41, 5.74) is -0.816. The number of ether oxygens (including phenoxy) is 2.